The molecule has 4 nitrogen and oxygen atoms in total. The molecule has 0 aliphatic carbocycles. The van der Waals surface area contributed by atoms with Gasteiger partial charge in [-0.2, -0.15) is 0 Å². The quantitative estimate of drug-likeness (QED) is 0.670. The van der Waals surface area contributed by atoms with Crippen LogP contribution in [0.15, 0.2) is 24.3 Å². The predicted octanol–water partition coefficient (Wildman–Crippen LogP) is 1.09. The van der Waals surface area contributed by atoms with Gasteiger partial charge in [0.15, 0.2) is 0 Å². The van der Waals surface area contributed by atoms with Crippen LogP contribution in [0, 0.1) is 0 Å². The summed E-state index contributed by atoms with van der Waals surface area (Å²) >= 11 is 0. The Morgan fingerprint density at radius 2 is 2.24 bits per heavy atom. The van der Waals surface area contributed by atoms with Gasteiger partial charge >= 0.3 is 0 Å². The van der Waals surface area contributed by atoms with Crippen molar-refractivity contribution in [1.29, 1.82) is 0 Å². The second kappa shape index (κ2) is 5.68. The maximum absolute atomic E-state index is 11.6. The maximum atomic E-state index is 11.6. The van der Waals surface area contributed by atoms with E-state index in [1.165, 1.54) is 0 Å². The third-order valence-electron chi connectivity index (χ3n) is 2.74. The summed E-state index contributed by atoms with van der Waals surface area (Å²) in [6.45, 7) is 3.85. The number of carbonyl (C=O) groups is 1. The number of aliphatic hydroxyl groups is 1. The van der Waals surface area contributed by atoms with Crippen LogP contribution >= 0.6 is 0 Å². The highest BCUT2D eigenvalue weighted by Gasteiger charge is 2.18. The topological polar surface area (TPSA) is 75.3 Å². The molecule has 0 aromatic heterocycles. The molecule has 4 N–H and O–H groups in total. The number of hydrogen-bond donors (Lipinski definition) is 3. The molecule has 0 aliphatic heterocycles. The highest BCUT2D eigenvalue weighted by atomic mass is 16.3. The molecule has 0 heterocycles. The van der Waals surface area contributed by atoms with Crippen LogP contribution in [0.5, 0.6) is 0 Å². The number of nitrogens with one attached hydrogen (secondary N) is 1. The lowest BCUT2D eigenvalue weighted by Crippen LogP contribution is -2.40. The van der Waals surface area contributed by atoms with E-state index in [4.69, 9.17) is 5.73 Å². The van der Waals surface area contributed by atoms with Gasteiger partial charge in [-0.05, 0) is 31.0 Å². The van der Waals surface area contributed by atoms with Crippen molar-refractivity contribution in [1.82, 2.24) is 5.32 Å². The van der Waals surface area contributed by atoms with E-state index in [1.807, 2.05) is 19.1 Å². The van der Waals surface area contributed by atoms with Gasteiger partial charge in [-0.3, -0.25) is 4.79 Å². The molecule has 0 fully saturated rings. The second-order valence-electron chi connectivity index (χ2n) is 4.55. The van der Waals surface area contributed by atoms with Crippen molar-refractivity contribution in [3.63, 3.8) is 0 Å². The van der Waals surface area contributed by atoms with E-state index < -0.39 is 5.60 Å². The number of anilines is 1. The molecule has 0 bridgehead atoms. The molecular formula is C13H20N2O2. The van der Waals surface area contributed by atoms with E-state index >= 15 is 0 Å². The van der Waals surface area contributed by atoms with Gasteiger partial charge in [0.25, 0.3) is 0 Å². The minimum atomic E-state index is -0.842. The third kappa shape index (κ3) is 4.87. The first-order chi connectivity index (χ1) is 7.93. The molecular weight excluding hydrogens is 216 g/mol. The summed E-state index contributed by atoms with van der Waals surface area (Å²) in [6, 6.07) is 7.23. The molecule has 0 saturated heterocycles. The summed E-state index contributed by atoms with van der Waals surface area (Å²) in [4.78, 5) is 11.6. The number of amides is 1. The molecule has 94 valence electrons. The predicted molar refractivity (Wildman–Crippen MR) is 68.5 cm³/mol. The van der Waals surface area contributed by atoms with Crippen molar-refractivity contribution in [3.8, 4) is 0 Å². The molecule has 1 atom stereocenters. The SMILES string of the molecule is CCC(C)(O)CNC(=O)Cc1cccc(N)c1. The van der Waals surface area contributed by atoms with Gasteiger partial charge in [0.2, 0.25) is 5.91 Å². The first-order valence-electron chi connectivity index (χ1n) is 5.76. The first kappa shape index (κ1) is 13.5. The molecule has 0 aliphatic rings. The van der Waals surface area contributed by atoms with E-state index in [-0.39, 0.29) is 18.9 Å². The van der Waals surface area contributed by atoms with Crippen LogP contribution in [-0.4, -0.2) is 23.2 Å². The van der Waals surface area contributed by atoms with Crippen molar-refractivity contribution in [2.75, 3.05) is 12.3 Å². The van der Waals surface area contributed by atoms with Crippen LogP contribution < -0.4 is 11.1 Å². The van der Waals surface area contributed by atoms with E-state index in [0.29, 0.717) is 12.1 Å². The van der Waals surface area contributed by atoms with Crippen LogP contribution in [0.4, 0.5) is 5.69 Å². The lowest BCUT2D eigenvalue weighted by molar-refractivity contribution is -0.121. The lowest BCUT2D eigenvalue weighted by Gasteiger charge is -2.21. The third-order valence-corrected chi connectivity index (χ3v) is 2.74. The van der Waals surface area contributed by atoms with Gasteiger partial charge in [-0.1, -0.05) is 19.1 Å². The van der Waals surface area contributed by atoms with Gasteiger partial charge in [0, 0.05) is 12.2 Å². The summed E-state index contributed by atoms with van der Waals surface area (Å²) in [5.41, 5.74) is 6.31. The van der Waals surface area contributed by atoms with Gasteiger partial charge in [0.1, 0.15) is 0 Å². The normalized spacial score (nSPS) is 14.1. The Hall–Kier alpha value is -1.55. The van der Waals surface area contributed by atoms with E-state index in [2.05, 4.69) is 5.32 Å². The molecule has 0 radical (unpaired) electrons. The molecule has 4 heteroatoms. The van der Waals surface area contributed by atoms with Gasteiger partial charge in [-0.25, -0.2) is 0 Å². The van der Waals surface area contributed by atoms with Crippen LogP contribution in [0.2, 0.25) is 0 Å². The van der Waals surface area contributed by atoms with E-state index in [9.17, 15) is 9.90 Å². The molecule has 1 amide bonds. The zero-order valence-corrected chi connectivity index (χ0v) is 10.4. The number of rotatable bonds is 5. The Kier molecular flexibility index (Phi) is 4.52. The Balaban J connectivity index is 2.45. The fraction of sp³-hybridized carbons (Fsp3) is 0.462. The van der Waals surface area contributed by atoms with Gasteiger partial charge < -0.3 is 16.2 Å². The number of nitrogens with two attached hydrogens (primary N) is 1. The monoisotopic (exact) mass is 236 g/mol. The molecule has 1 unspecified atom stereocenters. The van der Waals surface area contributed by atoms with Crippen molar-refractivity contribution >= 4 is 11.6 Å². The summed E-state index contributed by atoms with van der Waals surface area (Å²) < 4.78 is 0. The number of nitrogen functional groups attached to an aromatic ring is 1. The smallest absolute Gasteiger partial charge is 0.224 e. The molecule has 1 rings (SSSR count). The molecule has 17 heavy (non-hydrogen) atoms. The summed E-state index contributed by atoms with van der Waals surface area (Å²) in [7, 11) is 0. The Morgan fingerprint density at radius 3 is 2.82 bits per heavy atom. The minimum absolute atomic E-state index is 0.107. The molecule has 0 saturated carbocycles. The number of hydrogen-bond acceptors (Lipinski definition) is 3. The number of carbonyl (C=O) groups excluding carboxylic acids is 1. The van der Waals surface area contributed by atoms with Crippen molar-refractivity contribution in [3.05, 3.63) is 29.8 Å². The molecule has 1 aromatic carbocycles. The zero-order chi connectivity index (χ0) is 12.9. The van der Waals surface area contributed by atoms with Crippen LogP contribution in [0.1, 0.15) is 25.8 Å². The summed E-state index contributed by atoms with van der Waals surface area (Å²) in [5.74, 6) is -0.107. The summed E-state index contributed by atoms with van der Waals surface area (Å²) in [5, 5.41) is 12.5. The van der Waals surface area contributed by atoms with Crippen LogP contribution in [0.25, 0.3) is 0 Å². The molecule has 1 aromatic rings. The van der Waals surface area contributed by atoms with Crippen molar-refractivity contribution < 1.29 is 9.90 Å². The average Bonchev–Trinajstić information content (AvgIpc) is 2.27. The van der Waals surface area contributed by atoms with E-state index in [1.54, 1.807) is 19.1 Å². The average molecular weight is 236 g/mol. The van der Waals surface area contributed by atoms with E-state index in [0.717, 1.165) is 5.56 Å². The fourth-order valence-electron chi connectivity index (χ4n) is 1.36. The Labute approximate surface area is 102 Å². The Morgan fingerprint density at radius 1 is 1.53 bits per heavy atom. The minimum Gasteiger partial charge on any atom is -0.399 e. The van der Waals surface area contributed by atoms with Gasteiger partial charge in [0.05, 0.1) is 12.0 Å². The largest absolute Gasteiger partial charge is 0.399 e. The van der Waals surface area contributed by atoms with Crippen LogP contribution in [0.3, 0.4) is 0 Å². The van der Waals surface area contributed by atoms with Gasteiger partial charge in [-0.15, -0.1) is 0 Å². The number of benzene rings is 1. The standard InChI is InChI=1S/C13H20N2O2/c1-3-13(2,17)9-15-12(16)8-10-5-4-6-11(14)7-10/h4-7,17H,3,8-9,14H2,1-2H3,(H,15,16). The Bertz CT molecular complexity index is 389. The first-order valence-corrected chi connectivity index (χ1v) is 5.76. The summed E-state index contributed by atoms with van der Waals surface area (Å²) in [6.07, 6.45) is 0.885. The molecule has 0 spiro atoms. The second-order valence-corrected chi connectivity index (χ2v) is 4.55. The zero-order valence-electron chi connectivity index (χ0n) is 10.4. The van der Waals surface area contributed by atoms with Crippen LogP contribution in [-0.2, 0) is 11.2 Å². The maximum Gasteiger partial charge on any atom is 0.224 e. The van der Waals surface area contributed by atoms with Crippen molar-refractivity contribution in [2.24, 2.45) is 0 Å². The lowest BCUT2D eigenvalue weighted by atomic mass is 10.0. The highest BCUT2D eigenvalue weighted by molar-refractivity contribution is 5.78. The fourth-order valence-corrected chi connectivity index (χ4v) is 1.36. The van der Waals surface area contributed by atoms with Crippen molar-refractivity contribution in [2.45, 2.75) is 32.3 Å². The highest BCUT2D eigenvalue weighted by Crippen LogP contribution is 2.08.